The van der Waals surface area contributed by atoms with Gasteiger partial charge in [-0.2, -0.15) is 0 Å². The summed E-state index contributed by atoms with van der Waals surface area (Å²) in [5.41, 5.74) is 0. The van der Waals surface area contributed by atoms with Gasteiger partial charge in [0.15, 0.2) is 0 Å². The number of nitrogens with one attached hydrogen (secondary N) is 5. The van der Waals surface area contributed by atoms with E-state index >= 15 is 0 Å². The molecule has 0 saturated carbocycles. The van der Waals surface area contributed by atoms with E-state index < -0.39 is 24.2 Å². The molecule has 2 heterocycles. The molecule has 75 heavy (non-hydrogen) atoms. The molecule has 5 N–H and O–H groups in total. The standard InChI is InChI=1S/C29H57N3O5.C28H55N3O5.ClH.HI/c1-5-6-7-8-9-10-11-12-13-14-15-16-17-18-23-35-24-26-19-20-27(37-26)25-36-29(34)31-28(33)30-21-22-32(2,3)4;1-4-5-6-7-8-9-10-11-12-13-14-15-16-17-22-34-23-25-18-19-26(36-25)24-35-28(33)30-27(32)29-20-21-31(2)3;;/h26-27H,5-25H2,1-4H3,(H-,30,31,33,34);25-26H,4-24H2,1-3H3,(H2,29,30,32,33);2*1H/t26-,27+;25-,26+;;/m00../s1. The number of unbranched alkanes of at least 4 members (excludes halogenated alkanes) is 26. The topological polar surface area (TPSA) is 176 Å². The van der Waals surface area contributed by atoms with E-state index in [0.717, 1.165) is 69.3 Å². The summed E-state index contributed by atoms with van der Waals surface area (Å²) in [7, 11) is 10.1. The van der Waals surface area contributed by atoms with Crippen LogP contribution in [0, 0.1) is 0 Å². The molecular weight excluding hydrogens is 1090 g/mol. The Kier molecular flexibility index (Phi) is 53.2. The lowest BCUT2D eigenvalue weighted by Gasteiger charge is -2.23. The van der Waals surface area contributed by atoms with Gasteiger partial charge in [0.05, 0.1) is 99.0 Å². The van der Waals surface area contributed by atoms with E-state index in [1.807, 2.05) is 35.2 Å². The molecule has 446 valence electrons. The first kappa shape index (κ1) is 75.3. The smallest absolute Gasteiger partial charge is 0.415 e. The average molecular weight is 1210 g/mol. The number of hydrogen-bond acceptors (Lipinski definition) is 10. The third kappa shape index (κ3) is 51.5. The predicted molar refractivity (Wildman–Crippen MR) is 294 cm³/mol. The van der Waals surface area contributed by atoms with Crippen molar-refractivity contribution in [3.05, 3.63) is 0 Å². The Morgan fingerprint density at radius 2 is 0.760 bits per heavy atom. The number of carbonyl (C=O) groups excluding carboxylic acids is 4. The second-order valence-electron chi connectivity index (χ2n) is 22.2. The molecule has 6 amide bonds. The molecular formula is C57H114ClIN6O10. The zero-order valence-electron chi connectivity index (χ0n) is 48.8. The Labute approximate surface area is 481 Å². The van der Waals surface area contributed by atoms with Gasteiger partial charge in [0, 0.05) is 13.2 Å². The maximum atomic E-state index is 11.8. The Hall–Kier alpha value is -1.74. The van der Waals surface area contributed by atoms with Crippen LogP contribution in [0.1, 0.15) is 219 Å². The van der Waals surface area contributed by atoms with Crippen LogP contribution in [0.2, 0.25) is 0 Å². The molecule has 0 radical (unpaired) electrons. The number of ether oxygens (including phenoxy) is 6. The van der Waals surface area contributed by atoms with Crippen LogP contribution in [-0.4, -0.2) is 154 Å². The number of hydrogen-bond donors (Lipinski definition) is 5. The van der Waals surface area contributed by atoms with Gasteiger partial charge in [-0.05, 0) is 38.5 Å². The highest BCUT2D eigenvalue weighted by atomic mass is 127. The maximum Gasteiger partial charge on any atom is 0.415 e. The summed E-state index contributed by atoms with van der Waals surface area (Å²) in [6.07, 6.45) is 39.8. The van der Waals surface area contributed by atoms with Gasteiger partial charge in [-0.3, -0.25) is 0 Å². The first-order chi connectivity index (χ1) is 35.3. The van der Waals surface area contributed by atoms with Gasteiger partial charge in [0.1, 0.15) is 13.2 Å². The molecule has 2 aliphatic rings. The minimum atomic E-state index is -0.746. The number of halogens is 2. The minimum Gasteiger partial charge on any atom is -1.00 e. The Balaban J connectivity index is 0. The fourth-order valence-corrected chi connectivity index (χ4v) is 8.89. The van der Waals surface area contributed by atoms with Crippen LogP contribution >= 0.6 is 0 Å². The van der Waals surface area contributed by atoms with E-state index in [-0.39, 0.29) is 74.0 Å². The van der Waals surface area contributed by atoms with Crippen molar-refractivity contribution in [3.8, 4) is 0 Å². The molecule has 16 nitrogen and oxygen atoms in total. The molecule has 0 aromatic carbocycles. The van der Waals surface area contributed by atoms with Crippen LogP contribution in [0.5, 0.6) is 0 Å². The van der Waals surface area contributed by atoms with Gasteiger partial charge in [-0.25, -0.2) is 29.8 Å². The maximum absolute atomic E-state index is 11.8. The zero-order chi connectivity index (χ0) is 53.5. The summed E-state index contributed by atoms with van der Waals surface area (Å²) in [5, 5.41) is 9.64. The molecule has 0 spiro atoms. The van der Waals surface area contributed by atoms with Crippen LogP contribution in [-0.2, 0) is 28.4 Å². The van der Waals surface area contributed by atoms with E-state index in [1.165, 1.54) is 172 Å². The van der Waals surface area contributed by atoms with Gasteiger partial charge in [-0.15, -0.1) is 0 Å². The van der Waals surface area contributed by atoms with Crippen molar-refractivity contribution in [3.63, 3.8) is 0 Å². The second kappa shape index (κ2) is 52.9. The third-order valence-corrected chi connectivity index (χ3v) is 13.5. The van der Waals surface area contributed by atoms with Gasteiger partial charge < -0.3 is 84.8 Å². The summed E-state index contributed by atoms with van der Waals surface area (Å²) >= 11 is 0. The molecule has 0 aromatic rings. The lowest BCUT2D eigenvalue weighted by atomic mass is 10.0. The van der Waals surface area contributed by atoms with Crippen molar-refractivity contribution in [2.24, 2.45) is 0 Å². The highest BCUT2D eigenvalue weighted by Crippen LogP contribution is 2.22. The first-order valence-electron chi connectivity index (χ1n) is 29.8. The fraction of sp³-hybridized carbons (Fsp3) is 0.930. The lowest BCUT2D eigenvalue weighted by Crippen LogP contribution is -3.06. The average Bonchev–Trinajstić information content (AvgIpc) is 4.01. The Morgan fingerprint density at radius 1 is 0.467 bits per heavy atom. The number of amides is 6. The summed E-state index contributed by atoms with van der Waals surface area (Å²) < 4.78 is 34.4. The first-order valence-corrected chi connectivity index (χ1v) is 29.8. The van der Waals surface area contributed by atoms with Crippen molar-refractivity contribution >= 4 is 24.2 Å². The number of urea groups is 2. The number of rotatable bonds is 44. The monoisotopic (exact) mass is 1200 g/mol. The molecule has 2 saturated heterocycles. The largest absolute Gasteiger partial charge is 1.00 e. The fourth-order valence-electron chi connectivity index (χ4n) is 8.89. The minimum absolute atomic E-state index is 0. The van der Waals surface area contributed by atoms with E-state index in [0.29, 0.717) is 26.3 Å². The van der Waals surface area contributed by atoms with Crippen LogP contribution in [0.15, 0.2) is 0 Å². The normalized spacial score (nSPS) is 17.1. The van der Waals surface area contributed by atoms with Crippen molar-refractivity contribution in [1.82, 2.24) is 21.3 Å². The lowest BCUT2D eigenvalue weighted by molar-refractivity contribution is -0.869. The highest BCUT2D eigenvalue weighted by Gasteiger charge is 2.28. The summed E-state index contributed by atoms with van der Waals surface area (Å²) in [5.74, 6) is 0. The van der Waals surface area contributed by atoms with Gasteiger partial charge >= 0.3 is 24.2 Å². The van der Waals surface area contributed by atoms with Gasteiger partial charge in [-0.1, -0.05) is 181 Å². The van der Waals surface area contributed by atoms with Crippen LogP contribution < -0.4 is 62.6 Å². The Bertz CT molecular complexity index is 1340. The summed E-state index contributed by atoms with van der Waals surface area (Å²) in [4.78, 5) is 48.1. The number of carbonyl (C=O) groups is 4. The van der Waals surface area contributed by atoms with Crippen molar-refractivity contribution in [2.45, 2.75) is 244 Å². The number of alkyl carbamates (subject to hydrolysis) is 2. The molecule has 18 heteroatoms. The van der Waals surface area contributed by atoms with Crippen molar-refractivity contribution in [1.29, 1.82) is 0 Å². The van der Waals surface area contributed by atoms with E-state index in [1.54, 1.807) is 0 Å². The number of nitrogens with zero attached hydrogens (tertiary/aromatic N) is 1. The van der Waals surface area contributed by atoms with Crippen molar-refractivity contribution < 1.29 is 93.4 Å². The molecule has 2 rings (SSSR count). The number of quaternary nitrogens is 2. The number of imide groups is 2. The van der Waals surface area contributed by atoms with E-state index in [2.05, 4.69) is 35.1 Å². The third-order valence-electron chi connectivity index (χ3n) is 13.5. The summed E-state index contributed by atoms with van der Waals surface area (Å²) in [6, 6.07) is -1.08. The van der Waals surface area contributed by atoms with E-state index in [9.17, 15) is 19.2 Å². The SMILES string of the molecule is CCCCCCCCCCCCCCCCOC[C@@H]1CC[C@H](COC(=O)NC(=O)NCC[N+](C)(C)C)O1.CCCCCCCCCCCCCCCCOC[C@@H]1CC[C@H](COC(=O)NC(=O)NCC[NH+](C)C)O1.[Cl-].[I-]. The molecule has 0 aromatic heterocycles. The van der Waals surface area contributed by atoms with Crippen molar-refractivity contribution in [2.75, 3.05) is 101 Å². The van der Waals surface area contributed by atoms with Crippen LogP contribution in [0.25, 0.3) is 0 Å². The molecule has 0 bridgehead atoms. The van der Waals surface area contributed by atoms with Crippen LogP contribution in [0.3, 0.4) is 0 Å². The molecule has 4 atom stereocenters. The molecule has 2 aliphatic heterocycles. The molecule has 0 aliphatic carbocycles. The van der Waals surface area contributed by atoms with Gasteiger partial charge in [0.25, 0.3) is 0 Å². The van der Waals surface area contributed by atoms with Crippen LogP contribution in [0.4, 0.5) is 19.2 Å². The highest BCUT2D eigenvalue weighted by molar-refractivity contribution is 5.91. The summed E-state index contributed by atoms with van der Waals surface area (Å²) in [6.45, 7) is 10.1. The van der Waals surface area contributed by atoms with E-state index in [4.69, 9.17) is 28.4 Å². The Morgan fingerprint density at radius 3 is 1.07 bits per heavy atom. The van der Waals surface area contributed by atoms with Gasteiger partial charge in [0.2, 0.25) is 0 Å². The molecule has 0 unspecified atom stereocenters. The predicted octanol–water partition coefficient (Wildman–Crippen LogP) is 4.79. The quantitative estimate of drug-likeness (QED) is 0.0324. The molecule has 2 fully saturated rings. The second-order valence-corrected chi connectivity index (χ2v) is 22.2. The zero-order valence-corrected chi connectivity index (χ0v) is 51.7. The number of likely N-dealkylation sites (N-methyl/N-ethyl adjacent to an activating group) is 2.